The highest BCUT2D eigenvalue weighted by molar-refractivity contribution is 9.10. The number of hydrogen-bond donors (Lipinski definition) is 0. The zero-order chi connectivity index (χ0) is 21.7. The molecule has 0 saturated carbocycles. The summed E-state index contributed by atoms with van der Waals surface area (Å²) in [5, 5.41) is 11.7. The highest BCUT2D eigenvalue weighted by Crippen LogP contribution is 2.37. The maximum Gasteiger partial charge on any atom is 0.330 e. The second-order valence-corrected chi connectivity index (χ2v) is 7.93. The van der Waals surface area contributed by atoms with Gasteiger partial charge in [-0.15, -0.1) is 0 Å². The summed E-state index contributed by atoms with van der Waals surface area (Å²) >= 11 is 3.47. The van der Waals surface area contributed by atoms with Crippen molar-refractivity contribution in [2.45, 2.75) is 6.92 Å². The van der Waals surface area contributed by atoms with Crippen molar-refractivity contribution in [3.05, 3.63) is 89.6 Å². The smallest absolute Gasteiger partial charge is 0.314 e. The number of halogens is 1. The molecular weight excluding hydrogens is 452 g/mol. The van der Waals surface area contributed by atoms with E-state index in [0.29, 0.717) is 26.6 Å². The van der Waals surface area contributed by atoms with Crippen LogP contribution in [0, 0.1) is 17.0 Å². The fourth-order valence-electron chi connectivity index (χ4n) is 3.60. The van der Waals surface area contributed by atoms with Crippen molar-refractivity contribution in [3.63, 3.8) is 0 Å². The summed E-state index contributed by atoms with van der Waals surface area (Å²) in [7, 11) is 3.01. The molecule has 8 nitrogen and oxygen atoms in total. The lowest BCUT2D eigenvalue weighted by atomic mass is 10.1. The average molecular weight is 469 g/mol. The number of rotatable bonds is 3. The first-order valence-corrected chi connectivity index (χ1v) is 9.82. The minimum atomic E-state index is -0.480. The van der Waals surface area contributed by atoms with E-state index in [4.69, 9.17) is 0 Å². The Morgan fingerprint density at radius 2 is 1.77 bits per heavy atom. The number of aromatic nitrogens is 3. The van der Waals surface area contributed by atoms with Crippen LogP contribution >= 0.6 is 15.9 Å². The molecule has 4 aromatic rings. The quantitative estimate of drug-likeness (QED) is 0.338. The van der Waals surface area contributed by atoms with Gasteiger partial charge in [-0.1, -0.05) is 28.1 Å². The zero-order valence-corrected chi connectivity index (χ0v) is 18.0. The van der Waals surface area contributed by atoms with E-state index >= 15 is 0 Å². The van der Waals surface area contributed by atoms with E-state index in [1.165, 1.54) is 23.7 Å². The minimum absolute atomic E-state index is 0.0972. The van der Waals surface area contributed by atoms with Crippen LogP contribution < -0.4 is 11.2 Å². The topological polar surface area (TPSA) is 92.1 Å². The molecule has 2 aromatic heterocycles. The van der Waals surface area contributed by atoms with Crippen LogP contribution in [0.15, 0.2) is 62.7 Å². The molecule has 9 heteroatoms. The normalized spacial score (nSPS) is 11.2. The number of benzene rings is 2. The molecule has 4 rings (SSSR count). The summed E-state index contributed by atoms with van der Waals surface area (Å²) in [5.41, 5.74) is 2.17. The van der Waals surface area contributed by atoms with E-state index in [2.05, 4.69) is 15.9 Å². The molecule has 0 amide bonds. The molecule has 0 aliphatic rings. The molecule has 0 radical (unpaired) electrons. The maximum absolute atomic E-state index is 13.1. The van der Waals surface area contributed by atoms with Crippen molar-refractivity contribution in [1.29, 1.82) is 0 Å². The highest BCUT2D eigenvalue weighted by atomic mass is 79.9. The summed E-state index contributed by atoms with van der Waals surface area (Å²) in [6, 6.07) is 12.1. The Morgan fingerprint density at radius 1 is 1.03 bits per heavy atom. The fourth-order valence-corrected chi connectivity index (χ4v) is 4.03. The third kappa shape index (κ3) is 2.98. The first-order valence-electron chi connectivity index (χ1n) is 9.03. The van der Waals surface area contributed by atoms with E-state index in [1.807, 2.05) is 31.2 Å². The molecule has 2 heterocycles. The Labute approximate surface area is 178 Å². The van der Waals surface area contributed by atoms with Crippen LogP contribution in [0.1, 0.15) is 5.56 Å². The number of hydrogen-bond acceptors (Lipinski definition) is 4. The average Bonchev–Trinajstić information content (AvgIpc) is 3.11. The summed E-state index contributed by atoms with van der Waals surface area (Å²) in [4.78, 5) is 36.5. The van der Waals surface area contributed by atoms with E-state index in [9.17, 15) is 19.7 Å². The van der Waals surface area contributed by atoms with Crippen molar-refractivity contribution in [2.24, 2.45) is 14.1 Å². The second kappa shape index (κ2) is 7.10. The van der Waals surface area contributed by atoms with E-state index in [0.717, 1.165) is 15.8 Å². The van der Waals surface area contributed by atoms with Crippen molar-refractivity contribution in [2.75, 3.05) is 0 Å². The molecule has 0 fully saturated rings. The minimum Gasteiger partial charge on any atom is -0.314 e. The predicted octanol–water partition coefficient (Wildman–Crippen LogP) is 3.67. The summed E-state index contributed by atoms with van der Waals surface area (Å²) in [6.45, 7) is 1.95. The molecule has 30 heavy (non-hydrogen) atoms. The van der Waals surface area contributed by atoms with Gasteiger partial charge in [0.1, 0.15) is 0 Å². The molecule has 0 aliphatic carbocycles. The van der Waals surface area contributed by atoms with Gasteiger partial charge in [-0.25, -0.2) is 4.79 Å². The van der Waals surface area contributed by atoms with Gasteiger partial charge < -0.3 is 4.57 Å². The van der Waals surface area contributed by atoms with Crippen molar-refractivity contribution in [3.8, 4) is 16.9 Å². The van der Waals surface area contributed by atoms with Gasteiger partial charge >= 0.3 is 5.69 Å². The van der Waals surface area contributed by atoms with Gasteiger partial charge in [0.05, 0.1) is 21.5 Å². The molecule has 0 spiro atoms. The number of nitro groups is 1. The first kappa shape index (κ1) is 19.8. The monoisotopic (exact) mass is 468 g/mol. The third-order valence-corrected chi connectivity index (χ3v) is 5.83. The number of non-ortho nitro benzene ring substituents is 1. The fraction of sp³-hybridized carbons (Fsp3) is 0.143. The van der Waals surface area contributed by atoms with Crippen LogP contribution in [0.2, 0.25) is 0 Å². The van der Waals surface area contributed by atoms with E-state index < -0.39 is 16.2 Å². The molecule has 152 valence electrons. The molecule has 0 saturated heterocycles. The summed E-state index contributed by atoms with van der Waals surface area (Å²) in [5.74, 6) is 0. The van der Waals surface area contributed by atoms with Crippen molar-refractivity contribution in [1.82, 2.24) is 13.7 Å². The van der Waals surface area contributed by atoms with Crippen LogP contribution in [0.5, 0.6) is 0 Å². The maximum atomic E-state index is 13.1. The zero-order valence-electron chi connectivity index (χ0n) is 16.4. The Hall–Kier alpha value is -3.46. The number of nitro benzene ring substituents is 1. The van der Waals surface area contributed by atoms with E-state index in [1.54, 1.807) is 23.9 Å². The molecule has 0 atom stereocenters. The molecule has 0 unspecified atom stereocenters. The van der Waals surface area contributed by atoms with E-state index in [-0.39, 0.29) is 5.69 Å². The van der Waals surface area contributed by atoms with Gasteiger partial charge in [0.15, 0.2) is 0 Å². The SMILES string of the molecule is Cc1cccc(-n2cc3c(c2-c2cc([N+](=O)[O-])ccc2Br)c(=O)n(C)c(=O)n3C)c1. The lowest BCUT2D eigenvalue weighted by Crippen LogP contribution is -2.36. The Bertz CT molecular complexity index is 1460. The van der Waals surface area contributed by atoms with Crippen LogP contribution in [0.3, 0.4) is 0 Å². The molecule has 2 aromatic carbocycles. The van der Waals surface area contributed by atoms with Crippen molar-refractivity contribution < 1.29 is 4.92 Å². The van der Waals surface area contributed by atoms with Gasteiger partial charge in [0.2, 0.25) is 0 Å². The Balaban J connectivity index is 2.24. The number of nitrogens with zero attached hydrogens (tertiary/aromatic N) is 4. The van der Waals surface area contributed by atoms with Gasteiger partial charge in [0, 0.05) is 48.1 Å². The number of aryl methyl sites for hydroxylation is 2. The van der Waals surface area contributed by atoms with Crippen LogP contribution in [-0.2, 0) is 14.1 Å². The van der Waals surface area contributed by atoms with Crippen LogP contribution in [0.25, 0.3) is 27.8 Å². The highest BCUT2D eigenvalue weighted by Gasteiger charge is 2.23. The van der Waals surface area contributed by atoms with Crippen LogP contribution in [-0.4, -0.2) is 18.6 Å². The van der Waals surface area contributed by atoms with Gasteiger partial charge in [-0.2, -0.15) is 0 Å². The Kier molecular flexibility index (Phi) is 4.70. The number of fused-ring (bicyclic) bond motifs is 1. The Morgan fingerprint density at radius 3 is 2.43 bits per heavy atom. The van der Waals surface area contributed by atoms with Gasteiger partial charge in [0.25, 0.3) is 11.2 Å². The largest absolute Gasteiger partial charge is 0.330 e. The molecule has 0 bridgehead atoms. The van der Waals surface area contributed by atoms with Gasteiger partial charge in [-0.05, 0) is 30.7 Å². The lowest BCUT2D eigenvalue weighted by molar-refractivity contribution is -0.384. The predicted molar refractivity (Wildman–Crippen MR) is 118 cm³/mol. The van der Waals surface area contributed by atoms with Crippen molar-refractivity contribution >= 4 is 32.5 Å². The van der Waals surface area contributed by atoms with Crippen LogP contribution in [0.4, 0.5) is 5.69 Å². The molecular formula is C21H17BrN4O4. The van der Waals surface area contributed by atoms with Gasteiger partial charge in [-0.3, -0.25) is 24.0 Å². The third-order valence-electron chi connectivity index (χ3n) is 5.13. The lowest BCUT2D eigenvalue weighted by Gasteiger charge is -2.12. The summed E-state index contributed by atoms with van der Waals surface area (Å²) in [6.07, 6.45) is 1.72. The first-order chi connectivity index (χ1) is 14.2. The molecule has 0 aliphatic heterocycles. The molecule has 0 N–H and O–H groups in total. The standard InChI is InChI=1S/C21H17BrN4O4/c1-12-5-4-6-13(9-12)25-11-17-18(20(27)24(3)21(28)23(17)2)19(25)15-10-14(26(29)30)7-8-16(15)22/h4-11H,1-3H3. The second-order valence-electron chi connectivity index (χ2n) is 7.07. The summed E-state index contributed by atoms with van der Waals surface area (Å²) < 4.78 is 4.83.